The second-order valence-corrected chi connectivity index (χ2v) is 19.1. The van der Waals surface area contributed by atoms with E-state index in [0.29, 0.717) is 19.3 Å². The predicted molar refractivity (Wildman–Crippen MR) is 249 cm³/mol. The zero-order valence-corrected chi connectivity index (χ0v) is 40.3. The highest BCUT2D eigenvalue weighted by atomic mass is 31.2. The Balaban J connectivity index is 2.44. The van der Waals surface area contributed by atoms with E-state index in [2.05, 4.69) is 26.0 Å². The highest BCUT2D eigenvalue weighted by Crippen LogP contribution is 2.47. The summed E-state index contributed by atoms with van der Waals surface area (Å²) < 4.78 is 33.6. The highest BCUT2D eigenvalue weighted by Gasteiger charge is 2.51. The summed E-state index contributed by atoms with van der Waals surface area (Å²) in [5, 5.41) is 50.2. The van der Waals surface area contributed by atoms with Crippen LogP contribution in [0.25, 0.3) is 0 Å². The van der Waals surface area contributed by atoms with Crippen LogP contribution in [0.1, 0.15) is 219 Å². The summed E-state index contributed by atoms with van der Waals surface area (Å²) >= 11 is 0. The lowest BCUT2D eigenvalue weighted by Crippen LogP contribution is -2.64. The third-order valence-corrected chi connectivity index (χ3v) is 12.8. The highest BCUT2D eigenvalue weighted by molar-refractivity contribution is 7.47. The molecule has 0 spiro atoms. The van der Waals surface area contributed by atoms with Crippen molar-refractivity contribution >= 4 is 19.8 Å². The number of esters is 2. The lowest BCUT2D eigenvalue weighted by atomic mass is 9.85. The molecule has 6 N–H and O–H groups in total. The molecule has 0 radical (unpaired) electrons. The van der Waals surface area contributed by atoms with E-state index in [0.717, 1.165) is 32.1 Å². The van der Waals surface area contributed by atoms with Crippen molar-refractivity contribution in [1.29, 1.82) is 0 Å². The van der Waals surface area contributed by atoms with Crippen molar-refractivity contribution in [2.75, 3.05) is 13.2 Å². The first-order valence-electron chi connectivity index (χ1n) is 25.1. The van der Waals surface area contributed by atoms with Crippen LogP contribution in [0, 0.1) is 0 Å². The quantitative estimate of drug-likeness (QED) is 0.0146. The Morgan fingerprint density at radius 3 is 1.33 bits per heavy atom. The SMILES string of the molecule is CCCCCCCCCCC/C=C/C/C=C/CCCC(=O)O[C@@H](COC(=O)CCCCCCCCCCCCCCCCCCC)COP(=O)(O)OC1C(O)C(O)C(O)[C@H](O)C1O. The fourth-order valence-corrected chi connectivity index (χ4v) is 8.71. The smallest absolute Gasteiger partial charge is 0.462 e. The van der Waals surface area contributed by atoms with Crippen LogP contribution in [0.4, 0.5) is 0 Å². The van der Waals surface area contributed by atoms with Crippen molar-refractivity contribution in [3.63, 3.8) is 0 Å². The van der Waals surface area contributed by atoms with Crippen LogP contribution in [0.5, 0.6) is 0 Å². The van der Waals surface area contributed by atoms with Gasteiger partial charge in [0.05, 0.1) is 6.61 Å². The largest absolute Gasteiger partial charge is 0.472 e. The number of aliphatic hydroxyl groups is 5. The van der Waals surface area contributed by atoms with Gasteiger partial charge in [0.1, 0.15) is 43.2 Å². The molecule has 14 heteroatoms. The number of phosphoric ester groups is 1. The van der Waals surface area contributed by atoms with Crippen molar-refractivity contribution in [3.05, 3.63) is 24.3 Å². The van der Waals surface area contributed by atoms with E-state index in [-0.39, 0.29) is 12.8 Å². The average molecular weight is 919 g/mol. The fraction of sp³-hybridized carbons (Fsp3) is 0.878. The van der Waals surface area contributed by atoms with Crippen LogP contribution in [0.15, 0.2) is 24.3 Å². The molecule has 1 fully saturated rings. The zero-order chi connectivity index (χ0) is 46.4. The van der Waals surface area contributed by atoms with Gasteiger partial charge in [0.25, 0.3) is 0 Å². The average Bonchev–Trinajstić information content (AvgIpc) is 3.26. The molecule has 63 heavy (non-hydrogen) atoms. The van der Waals surface area contributed by atoms with Gasteiger partial charge in [-0.3, -0.25) is 18.6 Å². The summed E-state index contributed by atoms with van der Waals surface area (Å²) in [7, 11) is -5.13. The molecule has 13 nitrogen and oxygen atoms in total. The molecule has 1 aliphatic rings. The van der Waals surface area contributed by atoms with Gasteiger partial charge in [0, 0.05) is 12.8 Å². The molecule has 0 heterocycles. The third-order valence-electron chi connectivity index (χ3n) is 11.8. The first-order valence-corrected chi connectivity index (χ1v) is 26.6. The summed E-state index contributed by atoms with van der Waals surface area (Å²) in [6.07, 6.45) is 30.9. The molecule has 0 saturated heterocycles. The number of allylic oxidation sites excluding steroid dienone is 4. The van der Waals surface area contributed by atoms with E-state index in [4.69, 9.17) is 18.5 Å². The Bertz CT molecular complexity index is 1200. The van der Waals surface area contributed by atoms with Gasteiger partial charge in [-0.05, 0) is 38.5 Å². The maximum Gasteiger partial charge on any atom is 0.472 e. The first kappa shape index (κ1) is 59.3. The van der Waals surface area contributed by atoms with Crippen LogP contribution < -0.4 is 0 Å². The molecule has 0 aromatic rings. The van der Waals surface area contributed by atoms with E-state index in [1.54, 1.807) is 0 Å². The second-order valence-electron chi connectivity index (χ2n) is 17.7. The number of ether oxygens (including phenoxy) is 2. The summed E-state index contributed by atoms with van der Waals surface area (Å²) in [6.45, 7) is 3.29. The minimum absolute atomic E-state index is 0.0360. The lowest BCUT2D eigenvalue weighted by Gasteiger charge is -2.41. The monoisotopic (exact) mass is 919 g/mol. The summed E-state index contributed by atoms with van der Waals surface area (Å²) in [5.41, 5.74) is 0. The molecular formula is C49H91O13P. The van der Waals surface area contributed by atoms with Crippen molar-refractivity contribution in [2.45, 2.75) is 262 Å². The molecule has 0 bridgehead atoms. The number of carbonyl (C=O) groups is 2. The summed E-state index contributed by atoms with van der Waals surface area (Å²) in [6, 6.07) is 0. The van der Waals surface area contributed by atoms with Crippen molar-refractivity contribution in [2.24, 2.45) is 0 Å². The van der Waals surface area contributed by atoms with Crippen LogP contribution in [0.2, 0.25) is 0 Å². The number of hydrogen-bond acceptors (Lipinski definition) is 12. The van der Waals surface area contributed by atoms with Gasteiger partial charge < -0.3 is 39.9 Å². The van der Waals surface area contributed by atoms with E-state index in [1.165, 1.54) is 141 Å². The topological polar surface area (TPSA) is 210 Å². The van der Waals surface area contributed by atoms with Gasteiger partial charge >= 0.3 is 19.8 Å². The van der Waals surface area contributed by atoms with Crippen LogP contribution in [0.3, 0.4) is 0 Å². The van der Waals surface area contributed by atoms with Crippen LogP contribution >= 0.6 is 7.82 Å². The number of aliphatic hydroxyl groups excluding tert-OH is 5. The lowest BCUT2D eigenvalue weighted by molar-refractivity contribution is -0.220. The van der Waals surface area contributed by atoms with E-state index < -0.39 is 75.7 Å². The molecule has 6 unspecified atom stereocenters. The van der Waals surface area contributed by atoms with E-state index >= 15 is 0 Å². The van der Waals surface area contributed by atoms with Gasteiger partial charge in [-0.1, -0.05) is 192 Å². The van der Waals surface area contributed by atoms with Crippen LogP contribution in [-0.2, 0) is 32.7 Å². The molecule has 370 valence electrons. The van der Waals surface area contributed by atoms with Gasteiger partial charge in [-0.15, -0.1) is 0 Å². The predicted octanol–water partition coefficient (Wildman–Crippen LogP) is 10.4. The normalized spacial score (nSPS) is 21.8. The van der Waals surface area contributed by atoms with Gasteiger partial charge in [-0.2, -0.15) is 0 Å². The van der Waals surface area contributed by atoms with Crippen molar-refractivity contribution in [1.82, 2.24) is 0 Å². The Hall–Kier alpha value is -1.67. The standard InChI is InChI=1S/C49H91O13P/c1-3-5-7-9-11-13-15-17-19-21-23-25-27-29-31-33-35-37-42(50)59-39-41(40-60-63(57,58)62-49-47(55)45(53)44(52)46(54)48(49)56)61-43(51)38-36-34-32-30-28-26-24-22-20-18-16-14-12-10-8-6-4-2/h24,26,30,32,41,44-49,52-56H,3-23,25,27-29,31,33-40H2,1-2H3,(H,57,58)/b26-24+,32-30+/t41-,44?,45-,46?,47?,48?,49?/m0/s1. The summed E-state index contributed by atoms with van der Waals surface area (Å²) in [5.74, 6) is -1.14. The molecule has 1 saturated carbocycles. The maximum atomic E-state index is 12.8. The molecule has 1 aliphatic carbocycles. The number of unbranched alkanes of at least 4 members (excludes halogenated alkanes) is 26. The number of hydrogen-bond donors (Lipinski definition) is 6. The zero-order valence-electron chi connectivity index (χ0n) is 39.4. The Morgan fingerprint density at radius 2 is 0.873 bits per heavy atom. The second kappa shape index (κ2) is 39.5. The Kier molecular flexibility index (Phi) is 37.2. The summed E-state index contributed by atoms with van der Waals surface area (Å²) in [4.78, 5) is 35.8. The molecule has 0 amide bonds. The van der Waals surface area contributed by atoms with Gasteiger partial charge in [-0.25, -0.2) is 4.57 Å². The molecule has 8 atom stereocenters. The molecule has 0 aromatic carbocycles. The van der Waals surface area contributed by atoms with E-state index in [9.17, 15) is 44.6 Å². The van der Waals surface area contributed by atoms with Crippen molar-refractivity contribution < 1.29 is 63.1 Å². The molecule has 0 aromatic heterocycles. The van der Waals surface area contributed by atoms with Crippen LogP contribution in [-0.4, -0.2) is 98.3 Å². The Morgan fingerprint density at radius 1 is 0.492 bits per heavy atom. The van der Waals surface area contributed by atoms with Gasteiger partial charge in [0.2, 0.25) is 0 Å². The van der Waals surface area contributed by atoms with Crippen molar-refractivity contribution in [3.8, 4) is 0 Å². The minimum Gasteiger partial charge on any atom is -0.462 e. The first-order chi connectivity index (χ1) is 30.4. The fourth-order valence-electron chi connectivity index (χ4n) is 7.74. The maximum absolute atomic E-state index is 12.8. The van der Waals surface area contributed by atoms with Gasteiger partial charge in [0.15, 0.2) is 6.10 Å². The van der Waals surface area contributed by atoms with E-state index in [1.807, 2.05) is 12.2 Å². The molecular weight excluding hydrogens is 828 g/mol. The Labute approximate surface area is 381 Å². The number of phosphoric acid groups is 1. The molecule has 1 rings (SSSR count). The molecule has 0 aliphatic heterocycles. The minimum atomic E-state index is -5.13. The third kappa shape index (κ3) is 31.8. The number of carbonyl (C=O) groups excluding carboxylic acids is 2. The number of rotatable bonds is 42.